The van der Waals surface area contributed by atoms with Gasteiger partial charge in [0.05, 0.1) is 0 Å². The summed E-state index contributed by atoms with van der Waals surface area (Å²) in [5, 5.41) is 8.57. The minimum atomic E-state index is -3.84. The molecule has 0 aliphatic carbocycles. The van der Waals surface area contributed by atoms with E-state index in [4.69, 9.17) is 12.1 Å². The largest absolute Gasteiger partial charge is 1.00 e. The molecule has 0 bridgehead atoms. The van der Waals surface area contributed by atoms with Crippen molar-refractivity contribution in [3.05, 3.63) is 0 Å². The summed E-state index contributed by atoms with van der Waals surface area (Å²) in [6.07, 6.45) is 0. The van der Waals surface area contributed by atoms with Gasteiger partial charge < -0.3 is 12.1 Å². The first-order valence-electron chi connectivity index (χ1n) is 0.630. The van der Waals surface area contributed by atoms with Gasteiger partial charge in [-0.1, -0.05) is 3.22 Å². The fourth-order valence-corrected chi connectivity index (χ4v) is 0. The molecule has 0 aromatic carbocycles. The van der Waals surface area contributed by atoms with E-state index in [1.807, 2.05) is 0 Å². The van der Waals surface area contributed by atoms with Crippen molar-refractivity contribution in [3.63, 3.8) is 0 Å². The van der Waals surface area contributed by atoms with Gasteiger partial charge in [-0.05, 0) is 0 Å². The molecule has 0 rings (SSSR count). The Labute approximate surface area is 65.4 Å². The molecule has 6 heteroatoms. The molecule has 0 unspecified atom stereocenters. The Balaban J connectivity index is 0. The second-order valence-electron chi connectivity index (χ2n) is 0.252. The minimum absolute atomic E-state index is 0. The Hall–Kier alpha value is 1.57. The van der Waals surface area contributed by atoms with Crippen LogP contribution in [0.2, 0.25) is 0 Å². The van der Waals surface area contributed by atoms with Gasteiger partial charge in [-0.25, -0.2) is 0 Å². The molecule has 0 radical (unpaired) electrons. The molecule has 0 aromatic heterocycles. The van der Waals surface area contributed by atoms with Gasteiger partial charge >= 0.3 is 50.6 Å². The summed E-state index contributed by atoms with van der Waals surface area (Å²) >= 11 is -3.84. The summed E-state index contributed by atoms with van der Waals surface area (Å²) in [5.41, 5.74) is 0. The number of halogens is 1. The average Bonchev–Trinajstić information content (AvgIpc) is 1.38. The van der Waals surface area contributed by atoms with Crippen LogP contribution in [0.4, 0.5) is 0 Å². The van der Waals surface area contributed by atoms with Crippen LogP contribution in [0.15, 0.2) is 0 Å². The van der Waals surface area contributed by atoms with Crippen molar-refractivity contribution in [1.29, 1.82) is 0 Å². The first-order chi connectivity index (χ1) is 2.27. The molecule has 0 fully saturated rings. The molecule has 0 N–H and O–H groups in total. The van der Waals surface area contributed by atoms with Crippen molar-refractivity contribution < 1.29 is 66.0 Å². The third kappa shape index (κ3) is 9.13. The predicted octanol–water partition coefficient (Wildman–Crippen LogP) is -9.63. The summed E-state index contributed by atoms with van der Waals surface area (Å²) in [5.74, 6) is 0. The fraction of sp³-hybridized carbons (Fsp3) is 0. The maximum absolute atomic E-state index is 8.96. The van der Waals surface area contributed by atoms with Crippen molar-refractivity contribution in [2.75, 3.05) is 0 Å². The molecule has 0 amide bonds. The van der Waals surface area contributed by atoms with Gasteiger partial charge in [0.15, 0.2) is 0 Å². The fourth-order valence-electron chi connectivity index (χ4n) is 0. The molecule has 32 valence electrons. The normalized spacial score (nSPS) is 8.00. The van der Waals surface area contributed by atoms with Crippen LogP contribution < -0.4 is 62.8 Å². The van der Waals surface area contributed by atoms with Gasteiger partial charge in [0, 0.05) is 0 Å². The molecule has 0 saturated carbocycles. The van der Waals surface area contributed by atoms with Crippen LogP contribution in [0.25, 0.3) is 0 Å². The predicted molar refractivity (Wildman–Crippen MR) is 1.08 cm³/mol. The standard InChI is InChI=1S/HIO4.Na/c2-1(3)5-4;/h4H;/q;+1/p-1. The maximum atomic E-state index is 8.96. The van der Waals surface area contributed by atoms with E-state index in [-0.39, 0.29) is 29.6 Å². The molecular formula is INaO4. The van der Waals surface area contributed by atoms with Crippen LogP contribution >= 0.6 is 0 Å². The average molecular weight is 214 g/mol. The quantitative estimate of drug-likeness (QED) is 0.188. The number of rotatable bonds is 1. The monoisotopic (exact) mass is 214 g/mol. The molecule has 0 aliphatic heterocycles. The van der Waals surface area contributed by atoms with E-state index in [9.17, 15) is 0 Å². The maximum Gasteiger partial charge on any atom is 1.00 e. The molecule has 4 nitrogen and oxygen atoms in total. The molecule has 0 atom stereocenters. The molecule has 0 saturated heterocycles. The van der Waals surface area contributed by atoms with Gasteiger partial charge in [0.1, 0.15) is 0 Å². The smallest absolute Gasteiger partial charge is 0.639 e. The summed E-state index contributed by atoms with van der Waals surface area (Å²) < 4.78 is 20.5. The third-order valence-corrected chi connectivity index (χ3v) is 0.345. The Kier molecular flexibility index (Phi) is 11.5. The van der Waals surface area contributed by atoms with E-state index in [2.05, 4.69) is 3.22 Å². The van der Waals surface area contributed by atoms with E-state index in [1.165, 1.54) is 0 Å². The summed E-state index contributed by atoms with van der Waals surface area (Å²) in [6, 6.07) is 0. The van der Waals surface area contributed by atoms with Crippen molar-refractivity contribution in [2.24, 2.45) is 0 Å². The van der Waals surface area contributed by atoms with Crippen LogP contribution in [0.5, 0.6) is 0 Å². The van der Waals surface area contributed by atoms with Crippen molar-refractivity contribution >= 4 is 0 Å². The Bertz CT molecular complexity index is 21.5. The first-order valence-corrected chi connectivity index (χ1v) is 3.27. The molecule has 0 aromatic rings. The first kappa shape index (κ1) is 10.5. The van der Waals surface area contributed by atoms with Crippen LogP contribution in [-0.4, -0.2) is 0 Å². The topological polar surface area (TPSA) is 78.4 Å². The molecule has 0 spiro atoms. The zero-order valence-electron chi connectivity index (χ0n) is 3.01. The number of hydrogen-bond acceptors (Lipinski definition) is 4. The number of hydrogen-bond donors (Lipinski definition) is 0. The van der Waals surface area contributed by atoms with E-state index >= 15 is 0 Å². The van der Waals surface area contributed by atoms with Crippen LogP contribution in [0.1, 0.15) is 0 Å². The Morgan fingerprint density at radius 3 is 1.50 bits per heavy atom. The van der Waals surface area contributed by atoms with E-state index in [1.54, 1.807) is 0 Å². The van der Waals surface area contributed by atoms with Gasteiger partial charge in [0.25, 0.3) is 0 Å². The van der Waals surface area contributed by atoms with Gasteiger partial charge in [-0.3, -0.25) is 0 Å². The van der Waals surface area contributed by atoms with Crippen molar-refractivity contribution in [3.8, 4) is 0 Å². The Morgan fingerprint density at radius 1 is 1.33 bits per heavy atom. The van der Waals surface area contributed by atoms with Crippen LogP contribution in [0.3, 0.4) is 0 Å². The SMILES string of the molecule is [Na+].[O-]O[I+2]([O-])[O-]. The van der Waals surface area contributed by atoms with Gasteiger partial charge in [-0.2, -0.15) is 0 Å². The van der Waals surface area contributed by atoms with Gasteiger partial charge in [-0.15, -0.1) is 0 Å². The Morgan fingerprint density at radius 2 is 1.50 bits per heavy atom. The van der Waals surface area contributed by atoms with Crippen molar-refractivity contribution in [2.45, 2.75) is 0 Å². The van der Waals surface area contributed by atoms with Gasteiger partial charge in [0.2, 0.25) is 0 Å². The zero-order valence-corrected chi connectivity index (χ0v) is 7.17. The second-order valence-corrected chi connectivity index (χ2v) is 1.69. The zero-order chi connectivity index (χ0) is 4.28. The molecule has 0 aliphatic rings. The molecule has 0 heterocycles. The van der Waals surface area contributed by atoms with Crippen molar-refractivity contribution in [1.82, 2.24) is 0 Å². The third-order valence-electron chi connectivity index (χ3n) is 0.0514. The summed E-state index contributed by atoms with van der Waals surface area (Å²) in [7, 11) is 0. The van der Waals surface area contributed by atoms with E-state index < -0.39 is 21.1 Å². The van der Waals surface area contributed by atoms with Crippen LogP contribution in [0, 0.1) is 0 Å². The van der Waals surface area contributed by atoms with E-state index in [0.29, 0.717) is 0 Å². The van der Waals surface area contributed by atoms with Crippen LogP contribution in [-0.2, 0) is 3.22 Å². The molecule has 6 heavy (non-hydrogen) atoms. The second kappa shape index (κ2) is 6.57. The summed E-state index contributed by atoms with van der Waals surface area (Å²) in [6.45, 7) is 0. The van der Waals surface area contributed by atoms with E-state index in [0.717, 1.165) is 0 Å². The summed E-state index contributed by atoms with van der Waals surface area (Å²) in [4.78, 5) is 0. The molecular weight excluding hydrogens is 214 g/mol. The minimum Gasteiger partial charge on any atom is -0.639 e.